The predicted octanol–water partition coefficient (Wildman–Crippen LogP) is 6.78. The first kappa shape index (κ1) is 18.4. The summed E-state index contributed by atoms with van der Waals surface area (Å²) < 4.78 is 5.00. The van der Waals surface area contributed by atoms with E-state index in [0.29, 0.717) is 0 Å². The summed E-state index contributed by atoms with van der Waals surface area (Å²) in [5.41, 5.74) is 3.77. The maximum atomic E-state index is 5.34. The summed E-state index contributed by atoms with van der Waals surface area (Å²) in [6.07, 6.45) is 0. The second-order valence-corrected chi connectivity index (χ2v) is 7.84. The molecule has 0 aliphatic heterocycles. The molecule has 0 radical (unpaired) electrons. The molecule has 1 nitrogen and oxygen atoms in total. The Labute approximate surface area is 171 Å². The minimum Gasteiger partial charge on any atom is -0.497 e. The van der Waals surface area contributed by atoms with Crippen molar-refractivity contribution in [2.45, 2.75) is 9.64 Å². The van der Waals surface area contributed by atoms with Gasteiger partial charge in [-0.1, -0.05) is 91.0 Å². The van der Waals surface area contributed by atoms with Crippen LogP contribution >= 0.6 is 11.8 Å². The van der Waals surface area contributed by atoms with Crippen LogP contribution in [0.15, 0.2) is 120 Å². The second-order valence-electron chi connectivity index (χ2n) is 6.56. The van der Waals surface area contributed by atoms with Crippen LogP contribution in [-0.4, -0.2) is 7.11 Å². The third-order valence-electron chi connectivity index (χ3n) is 4.87. The van der Waals surface area contributed by atoms with E-state index in [1.165, 1.54) is 21.6 Å². The molecule has 2 heteroatoms. The summed E-state index contributed by atoms with van der Waals surface area (Å²) in [6, 6.07) is 40.5. The van der Waals surface area contributed by atoms with Crippen molar-refractivity contribution < 1.29 is 4.74 Å². The number of ether oxygens (including phenoxy) is 1. The van der Waals surface area contributed by atoms with Crippen molar-refractivity contribution in [1.82, 2.24) is 0 Å². The Balaban J connectivity index is 1.95. The van der Waals surface area contributed by atoms with Crippen molar-refractivity contribution in [3.05, 3.63) is 132 Å². The molecule has 4 aromatic carbocycles. The highest BCUT2D eigenvalue weighted by Gasteiger charge is 2.37. The molecule has 0 aliphatic carbocycles. The lowest BCUT2D eigenvalue weighted by atomic mass is 9.84. The fourth-order valence-corrected chi connectivity index (χ4v) is 4.90. The largest absolute Gasteiger partial charge is 0.497 e. The maximum Gasteiger partial charge on any atom is 0.118 e. The average Bonchev–Trinajstić information content (AvgIpc) is 2.80. The van der Waals surface area contributed by atoms with Crippen LogP contribution in [0.4, 0.5) is 0 Å². The lowest BCUT2D eigenvalue weighted by Gasteiger charge is -2.35. The van der Waals surface area contributed by atoms with Crippen LogP contribution in [-0.2, 0) is 4.75 Å². The predicted molar refractivity (Wildman–Crippen MR) is 118 cm³/mol. The van der Waals surface area contributed by atoms with Crippen molar-refractivity contribution in [2.24, 2.45) is 0 Å². The van der Waals surface area contributed by atoms with E-state index >= 15 is 0 Å². The van der Waals surface area contributed by atoms with Crippen LogP contribution in [0.3, 0.4) is 0 Å². The van der Waals surface area contributed by atoms with Crippen molar-refractivity contribution in [3.8, 4) is 5.75 Å². The van der Waals surface area contributed by atoms with E-state index in [1.807, 2.05) is 23.9 Å². The first-order chi connectivity index (χ1) is 13.8. The monoisotopic (exact) mass is 382 g/mol. The summed E-state index contributed by atoms with van der Waals surface area (Å²) in [6.45, 7) is 0. The van der Waals surface area contributed by atoms with Gasteiger partial charge in [-0.2, -0.15) is 0 Å². The molecule has 4 aromatic rings. The summed E-state index contributed by atoms with van der Waals surface area (Å²) in [5, 5.41) is 0. The van der Waals surface area contributed by atoms with E-state index in [0.717, 1.165) is 5.75 Å². The van der Waals surface area contributed by atoms with Crippen molar-refractivity contribution in [3.63, 3.8) is 0 Å². The summed E-state index contributed by atoms with van der Waals surface area (Å²) in [5.74, 6) is 0.870. The second kappa shape index (κ2) is 8.37. The Kier molecular flexibility index (Phi) is 5.50. The van der Waals surface area contributed by atoms with Gasteiger partial charge in [-0.15, -0.1) is 11.8 Å². The molecule has 0 saturated heterocycles. The third kappa shape index (κ3) is 3.56. The van der Waals surface area contributed by atoms with Gasteiger partial charge in [-0.3, -0.25) is 0 Å². The lowest BCUT2D eigenvalue weighted by molar-refractivity contribution is 0.414. The van der Waals surface area contributed by atoms with Gasteiger partial charge in [0.25, 0.3) is 0 Å². The minimum absolute atomic E-state index is 0.349. The molecule has 0 aromatic heterocycles. The molecule has 0 atom stereocenters. The van der Waals surface area contributed by atoms with E-state index in [9.17, 15) is 0 Å². The van der Waals surface area contributed by atoms with Gasteiger partial charge in [0.05, 0.1) is 11.9 Å². The Morgan fingerprint density at radius 1 is 0.536 bits per heavy atom. The lowest BCUT2D eigenvalue weighted by Crippen LogP contribution is -2.25. The summed E-state index contributed by atoms with van der Waals surface area (Å²) in [7, 11) is 1.70. The third-order valence-corrected chi connectivity index (χ3v) is 6.39. The van der Waals surface area contributed by atoms with Gasteiger partial charge in [0.2, 0.25) is 0 Å². The molecule has 0 heterocycles. The Morgan fingerprint density at radius 3 is 1.29 bits per heavy atom. The van der Waals surface area contributed by atoms with Crippen LogP contribution in [0.25, 0.3) is 0 Å². The Morgan fingerprint density at radius 2 is 0.929 bits per heavy atom. The van der Waals surface area contributed by atoms with Crippen LogP contribution in [0.2, 0.25) is 0 Å². The van der Waals surface area contributed by atoms with Gasteiger partial charge in [-0.25, -0.2) is 0 Å². The van der Waals surface area contributed by atoms with Crippen molar-refractivity contribution in [1.29, 1.82) is 0 Å². The average molecular weight is 383 g/mol. The van der Waals surface area contributed by atoms with Crippen LogP contribution < -0.4 is 4.74 Å². The van der Waals surface area contributed by atoms with Crippen LogP contribution in [0, 0.1) is 0 Å². The van der Waals surface area contributed by atoms with Crippen LogP contribution in [0.1, 0.15) is 16.7 Å². The molecule has 0 fully saturated rings. The normalized spacial score (nSPS) is 11.2. The molecule has 138 valence electrons. The molecule has 28 heavy (non-hydrogen) atoms. The molecule has 0 N–H and O–H groups in total. The fraction of sp³-hybridized carbons (Fsp3) is 0.0769. The quantitative estimate of drug-likeness (QED) is 0.268. The zero-order chi connectivity index (χ0) is 19.2. The molecule has 0 saturated carbocycles. The SMILES string of the molecule is COc1ccc(SC(c2ccccc2)(c2ccccc2)c2ccccc2)cc1. The van der Waals surface area contributed by atoms with Crippen molar-refractivity contribution in [2.75, 3.05) is 7.11 Å². The topological polar surface area (TPSA) is 9.23 Å². The van der Waals surface area contributed by atoms with Gasteiger partial charge >= 0.3 is 0 Å². The van der Waals surface area contributed by atoms with Gasteiger partial charge < -0.3 is 4.74 Å². The van der Waals surface area contributed by atoms with Gasteiger partial charge in [0.15, 0.2) is 0 Å². The van der Waals surface area contributed by atoms with E-state index in [1.54, 1.807) is 7.11 Å². The minimum atomic E-state index is -0.349. The molecule has 0 bridgehead atoms. The Hall–Kier alpha value is -2.97. The zero-order valence-corrected chi connectivity index (χ0v) is 16.6. The number of methoxy groups -OCH3 is 1. The van der Waals surface area contributed by atoms with E-state index < -0.39 is 0 Å². The highest BCUT2D eigenvalue weighted by Crippen LogP contribution is 2.51. The number of thioether (sulfide) groups is 1. The van der Waals surface area contributed by atoms with E-state index in [-0.39, 0.29) is 4.75 Å². The zero-order valence-electron chi connectivity index (χ0n) is 15.8. The molecule has 0 spiro atoms. The first-order valence-corrected chi connectivity index (χ1v) is 10.1. The summed E-state index contributed by atoms with van der Waals surface area (Å²) in [4.78, 5) is 1.19. The number of hydrogen-bond donors (Lipinski definition) is 0. The highest BCUT2D eigenvalue weighted by atomic mass is 32.2. The van der Waals surface area contributed by atoms with Gasteiger partial charge in [-0.05, 0) is 41.0 Å². The van der Waals surface area contributed by atoms with E-state index in [2.05, 4.69) is 103 Å². The number of rotatable bonds is 6. The van der Waals surface area contributed by atoms with Gasteiger partial charge in [0, 0.05) is 4.90 Å². The van der Waals surface area contributed by atoms with Crippen LogP contribution in [0.5, 0.6) is 5.75 Å². The molecular formula is C26H22OS. The highest BCUT2D eigenvalue weighted by molar-refractivity contribution is 8.00. The van der Waals surface area contributed by atoms with Crippen molar-refractivity contribution >= 4 is 11.8 Å². The standard InChI is InChI=1S/C26H22OS/c1-27-24-17-19-25(20-18-24)28-26(21-11-5-2-6-12-21,22-13-7-3-8-14-22)23-15-9-4-10-16-23/h2-20H,1H3. The van der Waals surface area contributed by atoms with E-state index in [4.69, 9.17) is 4.74 Å². The number of hydrogen-bond acceptors (Lipinski definition) is 2. The molecule has 0 amide bonds. The molecular weight excluding hydrogens is 360 g/mol. The van der Waals surface area contributed by atoms with Gasteiger partial charge in [0.1, 0.15) is 5.75 Å². The molecule has 0 aliphatic rings. The maximum absolute atomic E-state index is 5.34. The smallest absolute Gasteiger partial charge is 0.118 e. The molecule has 0 unspecified atom stereocenters. The fourth-order valence-electron chi connectivity index (χ4n) is 3.52. The first-order valence-electron chi connectivity index (χ1n) is 9.32. The summed E-state index contributed by atoms with van der Waals surface area (Å²) >= 11 is 1.86. The Bertz CT molecular complexity index is 900. The molecule has 4 rings (SSSR count). The number of benzene rings is 4.